The first-order valence-corrected chi connectivity index (χ1v) is 13.7. The Morgan fingerprint density at radius 3 is 2.15 bits per heavy atom. The number of nitrogens with one attached hydrogen (secondary N) is 1. The zero-order valence-electron chi connectivity index (χ0n) is 22.9. The van der Waals surface area contributed by atoms with Crippen LogP contribution in [0.2, 0.25) is 5.02 Å². The maximum absolute atomic E-state index is 13.2. The van der Waals surface area contributed by atoms with Gasteiger partial charge in [0.15, 0.2) is 0 Å². The van der Waals surface area contributed by atoms with Gasteiger partial charge in [-0.15, -0.1) is 13.2 Å². The van der Waals surface area contributed by atoms with Gasteiger partial charge in [-0.2, -0.15) is 0 Å². The number of hydrogen-bond acceptors (Lipinski definition) is 5. The Hall–Kier alpha value is -3.72. The fourth-order valence-electron chi connectivity index (χ4n) is 4.18. The number of hydrogen-bond donors (Lipinski definition) is 1. The lowest BCUT2D eigenvalue weighted by Crippen LogP contribution is -2.43. The van der Waals surface area contributed by atoms with Crippen LogP contribution in [0.25, 0.3) is 11.1 Å². The van der Waals surface area contributed by atoms with Crippen molar-refractivity contribution < 1.29 is 37.0 Å². The quantitative estimate of drug-likeness (QED) is 0.153. The molecule has 10 heteroatoms. The minimum Gasteiger partial charge on any atom is -0.493 e. The zero-order valence-corrected chi connectivity index (χ0v) is 23.7. The van der Waals surface area contributed by atoms with Gasteiger partial charge in [0.1, 0.15) is 17.5 Å². The molecule has 41 heavy (non-hydrogen) atoms. The van der Waals surface area contributed by atoms with E-state index >= 15 is 0 Å². The van der Waals surface area contributed by atoms with E-state index in [4.69, 9.17) is 21.1 Å². The van der Waals surface area contributed by atoms with Crippen LogP contribution in [0.4, 0.5) is 13.2 Å². The standard InChI is InChI=1S/C31H33ClF3NO5/c1-3-4-5-6-7-18-40-28-17-14-24(32)20-26(28)29(37)36-27(30(38)39-2)19-21-8-10-22(11-9-21)23-12-15-25(16-13-23)41-31(33,34)35/h8-17,20,27H,3-7,18-19H2,1-2H3,(H,36,37)/t27-/m0/s1. The van der Waals surface area contributed by atoms with Crippen molar-refractivity contribution in [2.24, 2.45) is 0 Å². The van der Waals surface area contributed by atoms with Crippen LogP contribution in [0.5, 0.6) is 11.5 Å². The third kappa shape index (κ3) is 10.3. The fourth-order valence-corrected chi connectivity index (χ4v) is 4.35. The van der Waals surface area contributed by atoms with Crippen LogP contribution in [0.3, 0.4) is 0 Å². The Balaban J connectivity index is 1.67. The van der Waals surface area contributed by atoms with Crippen molar-refractivity contribution in [1.29, 1.82) is 0 Å². The van der Waals surface area contributed by atoms with Gasteiger partial charge < -0.3 is 19.5 Å². The van der Waals surface area contributed by atoms with Gasteiger partial charge in [0.2, 0.25) is 0 Å². The summed E-state index contributed by atoms with van der Waals surface area (Å²) in [6, 6.07) is 16.4. The molecule has 0 heterocycles. The second-order valence-electron chi connectivity index (χ2n) is 9.43. The highest BCUT2D eigenvalue weighted by Crippen LogP contribution is 2.27. The van der Waals surface area contributed by atoms with Crippen LogP contribution in [-0.4, -0.2) is 38.0 Å². The van der Waals surface area contributed by atoms with Crippen molar-refractivity contribution in [1.82, 2.24) is 5.32 Å². The molecule has 3 rings (SSSR count). The lowest BCUT2D eigenvalue weighted by Gasteiger charge is -2.18. The van der Waals surface area contributed by atoms with Gasteiger partial charge in [-0.05, 0) is 53.4 Å². The average Bonchev–Trinajstić information content (AvgIpc) is 2.94. The largest absolute Gasteiger partial charge is 0.573 e. The molecule has 220 valence electrons. The monoisotopic (exact) mass is 591 g/mol. The number of carbonyl (C=O) groups excluding carboxylic acids is 2. The Labute approximate surface area is 242 Å². The summed E-state index contributed by atoms with van der Waals surface area (Å²) in [5.74, 6) is -1.08. The summed E-state index contributed by atoms with van der Waals surface area (Å²) < 4.78 is 51.9. The Morgan fingerprint density at radius 2 is 1.54 bits per heavy atom. The van der Waals surface area contributed by atoms with Crippen molar-refractivity contribution in [3.8, 4) is 22.6 Å². The molecule has 0 aliphatic heterocycles. The third-order valence-electron chi connectivity index (χ3n) is 6.30. The number of carbonyl (C=O) groups is 2. The molecule has 0 bridgehead atoms. The molecule has 1 N–H and O–H groups in total. The molecule has 0 radical (unpaired) electrons. The Morgan fingerprint density at radius 1 is 0.902 bits per heavy atom. The number of alkyl halides is 3. The number of amides is 1. The van der Waals surface area contributed by atoms with Crippen LogP contribution >= 0.6 is 11.6 Å². The molecule has 0 saturated carbocycles. The van der Waals surface area contributed by atoms with Crippen LogP contribution in [-0.2, 0) is 16.0 Å². The molecule has 0 aromatic heterocycles. The van der Waals surface area contributed by atoms with Crippen LogP contribution < -0.4 is 14.8 Å². The van der Waals surface area contributed by atoms with Gasteiger partial charge in [0.05, 0.1) is 19.3 Å². The summed E-state index contributed by atoms with van der Waals surface area (Å²) in [7, 11) is 1.24. The highest BCUT2D eigenvalue weighted by atomic mass is 35.5. The number of ether oxygens (including phenoxy) is 3. The van der Waals surface area contributed by atoms with Crippen molar-refractivity contribution in [2.75, 3.05) is 13.7 Å². The topological polar surface area (TPSA) is 73.9 Å². The second kappa shape index (κ2) is 15.3. The number of benzene rings is 3. The van der Waals surface area contributed by atoms with Crippen molar-refractivity contribution >= 4 is 23.5 Å². The highest BCUT2D eigenvalue weighted by Gasteiger charge is 2.31. The lowest BCUT2D eigenvalue weighted by molar-refractivity contribution is -0.274. The van der Waals surface area contributed by atoms with Crippen LogP contribution in [0.1, 0.15) is 54.9 Å². The molecule has 1 amide bonds. The number of methoxy groups -OCH3 is 1. The predicted molar refractivity (Wildman–Crippen MR) is 151 cm³/mol. The first-order chi connectivity index (χ1) is 19.6. The predicted octanol–water partition coefficient (Wildman–Crippen LogP) is 7.77. The lowest BCUT2D eigenvalue weighted by atomic mass is 10.00. The maximum Gasteiger partial charge on any atom is 0.573 e. The number of halogens is 4. The molecular formula is C31H33ClF3NO5. The van der Waals surface area contributed by atoms with Gasteiger partial charge in [-0.3, -0.25) is 4.79 Å². The molecule has 0 saturated heterocycles. The summed E-state index contributed by atoms with van der Waals surface area (Å²) in [4.78, 5) is 25.8. The molecule has 0 fully saturated rings. The van der Waals surface area contributed by atoms with E-state index in [1.807, 2.05) is 0 Å². The Kier molecular flexibility index (Phi) is 11.9. The second-order valence-corrected chi connectivity index (χ2v) is 9.86. The molecule has 1 atom stereocenters. The van der Waals surface area contributed by atoms with E-state index in [0.29, 0.717) is 22.9 Å². The number of unbranched alkanes of at least 4 members (excludes halogenated alkanes) is 4. The van der Waals surface area contributed by atoms with Gasteiger partial charge in [0, 0.05) is 11.4 Å². The number of esters is 1. The molecule has 0 unspecified atom stereocenters. The maximum atomic E-state index is 13.2. The van der Waals surface area contributed by atoms with Crippen molar-refractivity contribution in [3.63, 3.8) is 0 Å². The zero-order chi connectivity index (χ0) is 29.8. The highest BCUT2D eigenvalue weighted by molar-refractivity contribution is 6.31. The van der Waals surface area contributed by atoms with Crippen LogP contribution in [0.15, 0.2) is 66.7 Å². The summed E-state index contributed by atoms with van der Waals surface area (Å²) in [6.45, 7) is 2.60. The summed E-state index contributed by atoms with van der Waals surface area (Å²) in [6.07, 6.45) is 0.708. The van der Waals surface area contributed by atoms with E-state index in [1.165, 1.54) is 43.9 Å². The van der Waals surface area contributed by atoms with Crippen LogP contribution in [0, 0.1) is 0 Å². The van der Waals surface area contributed by atoms with Gasteiger partial charge in [-0.1, -0.05) is 80.6 Å². The smallest absolute Gasteiger partial charge is 0.493 e. The van der Waals surface area contributed by atoms with Gasteiger partial charge >= 0.3 is 12.3 Å². The third-order valence-corrected chi connectivity index (χ3v) is 6.53. The van der Waals surface area contributed by atoms with Crippen molar-refractivity contribution in [2.45, 2.75) is 57.9 Å². The molecule has 3 aromatic carbocycles. The van der Waals surface area contributed by atoms with E-state index in [-0.39, 0.29) is 17.7 Å². The fraction of sp³-hybridized carbons (Fsp3) is 0.355. The normalized spacial score (nSPS) is 12.0. The van der Waals surface area contributed by atoms with E-state index in [1.54, 1.807) is 36.4 Å². The number of rotatable bonds is 14. The van der Waals surface area contributed by atoms with Gasteiger partial charge in [-0.25, -0.2) is 4.79 Å². The first kappa shape index (κ1) is 31.8. The Bertz CT molecular complexity index is 1280. The molecule has 0 spiro atoms. The summed E-state index contributed by atoms with van der Waals surface area (Å²) in [5, 5.41) is 3.09. The SMILES string of the molecule is CCCCCCCOc1ccc(Cl)cc1C(=O)N[C@@H](Cc1ccc(-c2ccc(OC(F)(F)F)cc2)cc1)C(=O)OC. The molecule has 6 nitrogen and oxygen atoms in total. The molecule has 0 aliphatic carbocycles. The molecule has 0 aliphatic rings. The van der Waals surface area contributed by atoms with E-state index in [0.717, 1.165) is 36.8 Å². The minimum atomic E-state index is -4.76. The average molecular weight is 592 g/mol. The molecule has 3 aromatic rings. The van der Waals surface area contributed by atoms with Crippen molar-refractivity contribution in [3.05, 3.63) is 82.9 Å². The van der Waals surface area contributed by atoms with Gasteiger partial charge in [0.25, 0.3) is 5.91 Å². The summed E-state index contributed by atoms with van der Waals surface area (Å²) >= 11 is 6.15. The van der Waals surface area contributed by atoms with E-state index in [9.17, 15) is 22.8 Å². The summed E-state index contributed by atoms with van der Waals surface area (Å²) in [5.41, 5.74) is 2.38. The molecular weight excluding hydrogens is 559 g/mol. The van der Waals surface area contributed by atoms with E-state index in [2.05, 4.69) is 17.0 Å². The van der Waals surface area contributed by atoms with E-state index < -0.39 is 24.3 Å². The minimum absolute atomic E-state index is 0.144. The first-order valence-electron chi connectivity index (χ1n) is 13.4.